The van der Waals surface area contributed by atoms with Crippen molar-refractivity contribution in [2.75, 3.05) is 0 Å². The Kier molecular flexibility index (Phi) is 5.47. The molecular weight excluding hydrogens is 236 g/mol. The second kappa shape index (κ2) is 7.12. The summed E-state index contributed by atoms with van der Waals surface area (Å²) in [6, 6.07) is 0. The highest BCUT2D eigenvalue weighted by molar-refractivity contribution is 5.88. The van der Waals surface area contributed by atoms with Crippen LogP contribution in [0.15, 0.2) is 11.6 Å². The van der Waals surface area contributed by atoms with Crippen LogP contribution in [0.25, 0.3) is 0 Å². The topological polar surface area (TPSA) is 26.3 Å². The summed E-state index contributed by atoms with van der Waals surface area (Å²) in [7, 11) is 0. The van der Waals surface area contributed by atoms with Gasteiger partial charge in [0, 0.05) is 5.57 Å². The number of rotatable bonds is 4. The lowest BCUT2D eigenvalue weighted by atomic mass is 9.69. The minimum atomic E-state index is -0.0550. The van der Waals surface area contributed by atoms with Gasteiger partial charge in [0.1, 0.15) is 6.10 Å². The molecule has 3 unspecified atom stereocenters. The van der Waals surface area contributed by atoms with Gasteiger partial charge in [0.15, 0.2) is 0 Å². The Labute approximate surface area is 117 Å². The van der Waals surface area contributed by atoms with Crippen molar-refractivity contribution in [3.05, 3.63) is 11.6 Å². The predicted octanol–water partition coefficient (Wildman–Crippen LogP) is 4.63. The first-order valence-electron chi connectivity index (χ1n) is 8.16. The molecule has 2 nitrogen and oxygen atoms in total. The Morgan fingerprint density at radius 2 is 1.84 bits per heavy atom. The molecular formula is C17H28O2. The summed E-state index contributed by atoms with van der Waals surface area (Å²) < 4.78 is 5.86. The first kappa shape index (κ1) is 14.6. The zero-order valence-corrected chi connectivity index (χ0v) is 12.5. The van der Waals surface area contributed by atoms with Crippen LogP contribution in [-0.4, -0.2) is 12.1 Å². The second-order valence-corrected chi connectivity index (χ2v) is 6.07. The third kappa shape index (κ3) is 3.61. The Morgan fingerprint density at radius 3 is 2.58 bits per heavy atom. The molecule has 2 saturated carbocycles. The quantitative estimate of drug-likeness (QED) is 0.546. The van der Waals surface area contributed by atoms with Crippen molar-refractivity contribution < 1.29 is 9.53 Å². The van der Waals surface area contributed by atoms with Crippen molar-refractivity contribution in [3.63, 3.8) is 0 Å². The van der Waals surface area contributed by atoms with E-state index in [9.17, 15) is 4.79 Å². The lowest BCUT2D eigenvalue weighted by Crippen LogP contribution is -2.38. The summed E-state index contributed by atoms with van der Waals surface area (Å²) in [5, 5.41) is 0. The Balaban J connectivity index is 1.97. The molecule has 0 spiro atoms. The van der Waals surface area contributed by atoms with Crippen molar-refractivity contribution in [1.82, 2.24) is 0 Å². The lowest BCUT2D eigenvalue weighted by molar-refractivity contribution is -0.151. The van der Waals surface area contributed by atoms with E-state index >= 15 is 0 Å². The minimum Gasteiger partial charge on any atom is -0.459 e. The van der Waals surface area contributed by atoms with Gasteiger partial charge in [-0.3, -0.25) is 0 Å². The van der Waals surface area contributed by atoms with Gasteiger partial charge in [0.05, 0.1) is 0 Å². The maximum atomic E-state index is 12.2. The normalized spacial score (nSPS) is 31.7. The molecule has 0 aromatic heterocycles. The van der Waals surface area contributed by atoms with Crippen LogP contribution in [0.4, 0.5) is 0 Å². The fraction of sp³-hybridized carbons (Fsp3) is 0.824. The monoisotopic (exact) mass is 264 g/mol. The van der Waals surface area contributed by atoms with Crippen LogP contribution in [0.3, 0.4) is 0 Å². The van der Waals surface area contributed by atoms with Gasteiger partial charge in [0.25, 0.3) is 0 Å². The standard InChI is InChI=1S/C17H28O2/c1-3-8-13(4-2)17(18)19-16-12-7-10-14-9-5-6-11-15(14)16/h8,14-16H,3-7,9-12H2,1-2H3. The van der Waals surface area contributed by atoms with Crippen molar-refractivity contribution >= 4 is 5.97 Å². The van der Waals surface area contributed by atoms with E-state index in [2.05, 4.69) is 6.92 Å². The molecule has 2 aliphatic rings. The molecule has 19 heavy (non-hydrogen) atoms. The highest BCUT2D eigenvalue weighted by Gasteiger charge is 2.37. The second-order valence-electron chi connectivity index (χ2n) is 6.07. The zero-order chi connectivity index (χ0) is 13.7. The number of carbonyl (C=O) groups is 1. The molecule has 2 rings (SSSR count). The molecule has 0 N–H and O–H groups in total. The van der Waals surface area contributed by atoms with Gasteiger partial charge in [-0.2, -0.15) is 0 Å². The number of hydrogen-bond acceptors (Lipinski definition) is 2. The van der Waals surface area contributed by atoms with Gasteiger partial charge in [-0.05, 0) is 50.4 Å². The summed E-state index contributed by atoms with van der Waals surface area (Å²) >= 11 is 0. The van der Waals surface area contributed by atoms with Gasteiger partial charge in [-0.1, -0.05) is 39.2 Å². The van der Waals surface area contributed by atoms with Crippen molar-refractivity contribution in [2.45, 2.75) is 77.7 Å². The first-order valence-corrected chi connectivity index (χ1v) is 8.16. The summed E-state index contributed by atoms with van der Waals surface area (Å²) in [5.41, 5.74) is 0.862. The first-order chi connectivity index (χ1) is 9.26. The molecule has 0 aromatic rings. The average molecular weight is 264 g/mol. The van der Waals surface area contributed by atoms with Crippen LogP contribution in [0.2, 0.25) is 0 Å². The van der Waals surface area contributed by atoms with Gasteiger partial charge in [0.2, 0.25) is 0 Å². The van der Waals surface area contributed by atoms with Crippen LogP contribution < -0.4 is 0 Å². The highest BCUT2D eigenvalue weighted by Crippen LogP contribution is 2.42. The minimum absolute atomic E-state index is 0.0550. The number of allylic oxidation sites excluding steroid dienone is 1. The van der Waals surface area contributed by atoms with Gasteiger partial charge >= 0.3 is 5.97 Å². The molecule has 3 atom stereocenters. The highest BCUT2D eigenvalue weighted by atomic mass is 16.5. The largest absolute Gasteiger partial charge is 0.459 e. The van der Waals surface area contributed by atoms with Gasteiger partial charge < -0.3 is 4.74 Å². The van der Waals surface area contributed by atoms with Crippen LogP contribution in [0, 0.1) is 11.8 Å². The third-order valence-corrected chi connectivity index (χ3v) is 4.86. The Morgan fingerprint density at radius 1 is 1.11 bits per heavy atom. The average Bonchev–Trinajstić information content (AvgIpc) is 2.45. The van der Waals surface area contributed by atoms with Crippen molar-refractivity contribution in [3.8, 4) is 0 Å². The smallest absolute Gasteiger partial charge is 0.333 e. The molecule has 2 fully saturated rings. The van der Waals surface area contributed by atoms with Crippen LogP contribution >= 0.6 is 0 Å². The molecule has 2 heteroatoms. The van der Waals surface area contributed by atoms with Crippen LogP contribution in [0.1, 0.15) is 71.6 Å². The molecule has 0 heterocycles. The van der Waals surface area contributed by atoms with Gasteiger partial charge in [-0.15, -0.1) is 0 Å². The Bertz CT molecular complexity index is 330. The van der Waals surface area contributed by atoms with E-state index in [0.717, 1.165) is 30.8 Å². The van der Waals surface area contributed by atoms with E-state index in [0.29, 0.717) is 5.92 Å². The fourth-order valence-electron chi connectivity index (χ4n) is 3.86. The van der Waals surface area contributed by atoms with E-state index in [1.165, 1.54) is 38.5 Å². The Hall–Kier alpha value is -0.790. The van der Waals surface area contributed by atoms with Gasteiger partial charge in [-0.25, -0.2) is 4.79 Å². The fourth-order valence-corrected chi connectivity index (χ4v) is 3.86. The van der Waals surface area contributed by atoms with Crippen LogP contribution in [-0.2, 0) is 9.53 Å². The summed E-state index contributed by atoms with van der Waals surface area (Å²) in [5.74, 6) is 1.41. The van der Waals surface area contributed by atoms with E-state index in [4.69, 9.17) is 4.74 Å². The predicted molar refractivity (Wildman–Crippen MR) is 77.8 cm³/mol. The molecule has 0 radical (unpaired) electrons. The molecule has 0 aliphatic heterocycles. The maximum absolute atomic E-state index is 12.2. The van der Waals surface area contributed by atoms with E-state index in [1.807, 2.05) is 13.0 Å². The summed E-state index contributed by atoms with van der Waals surface area (Å²) in [6.45, 7) is 4.10. The molecule has 0 aromatic carbocycles. The van der Waals surface area contributed by atoms with E-state index in [-0.39, 0.29) is 12.1 Å². The summed E-state index contributed by atoms with van der Waals surface area (Å²) in [6.07, 6.45) is 12.9. The number of carbonyl (C=O) groups excluding carboxylic acids is 1. The third-order valence-electron chi connectivity index (χ3n) is 4.86. The molecule has 2 aliphatic carbocycles. The molecule has 0 saturated heterocycles. The maximum Gasteiger partial charge on any atom is 0.333 e. The molecule has 0 amide bonds. The van der Waals surface area contributed by atoms with Crippen LogP contribution in [0.5, 0.6) is 0 Å². The van der Waals surface area contributed by atoms with E-state index in [1.54, 1.807) is 0 Å². The SMILES string of the molecule is CCC=C(CC)C(=O)OC1CCCC2CCCCC21. The van der Waals surface area contributed by atoms with E-state index < -0.39 is 0 Å². The summed E-state index contributed by atoms with van der Waals surface area (Å²) in [4.78, 5) is 12.2. The number of hydrogen-bond donors (Lipinski definition) is 0. The number of fused-ring (bicyclic) bond motifs is 1. The number of esters is 1. The van der Waals surface area contributed by atoms with Crippen molar-refractivity contribution in [2.24, 2.45) is 11.8 Å². The lowest BCUT2D eigenvalue weighted by Gasteiger charge is -2.40. The number of ether oxygens (including phenoxy) is 1. The zero-order valence-electron chi connectivity index (χ0n) is 12.5. The molecule has 108 valence electrons. The van der Waals surface area contributed by atoms with Crippen molar-refractivity contribution in [1.29, 1.82) is 0 Å². The molecule has 0 bridgehead atoms.